The third-order valence-electron chi connectivity index (χ3n) is 3.88. The van der Waals surface area contributed by atoms with Crippen molar-refractivity contribution in [1.82, 2.24) is 4.90 Å². The number of ether oxygens (including phenoxy) is 2. The van der Waals surface area contributed by atoms with Gasteiger partial charge in [-0.2, -0.15) is 0 Å². The van der Waals surface area contributed by atoms with E-state index in [1.807, 2.05) is 18.2 Å². The normalized spacial score (nSPS) is 21.2. The number of likely N-dealkylation sites (N-methyl/N-ethyl adjacent to an activating group) is 1. The van der Waals surface area contributed by atoms with Gasteiger partial charge in [-0.1, -0.05) is 12.1 Å². The fourth-order valence-electron chi connectivity index (χ4n) is 2.46. The Labute approximate surface area is 121 Å². The van der Waals surface area contributed by atoms with E-state index in [9.17, 15) is 0 Å². The lowest BCUT2D eigenvalue weighted by molar-refractivity contribution is 0.0872. The van der Waals surface area contributed by atoms with Crippen LogP contribution >= 0.6 is 0 Å². The molecule has 0 spiro atoms. The summed E-state index contributed by atoms with van der Waals surface area (Å²) in [6.45, 7) is 4.53. The highest BCUT2D eigenvalue weighted by Gasteiger charge is 2.22. The third kappa shape index (κ3) is 3.87. The van der Waals surface area contributed by atoms with Crippen molar-refractivity contribution < 1.29 is 9.47 Å². The zero-order valence-electron chi connectivity index (χ0n) is 12.2. The second kappa shape index (κ2) is 6.46. The SMILES string of the molecule is CN(CCOCC1CC1)CC1CNc2ccccc2O1. The molecule has 1 fully saturated rings. The number of hydrogen-bond acceptors (Lipinski definition) is 4. The second-order valence-corrected chi connectivity index (χ2v) is 5.90. The monoisotopic (exact) mass is 276 g/mol. The summed E-state index contributed by atoms with van der Waals surface area (Å²) in [6, 6.07) is 8.12. The van der Waals surface area contributed by atoms with E-state index in [1.165, 1.54) is 12.8 Å². The first-order valence-corrected chi connectivity index (χ1v) is 7.57. The Morgan fingerprint density at radius 3 is 3.05 bits per heavy atom. The number of para-hydroxylation sites is 2. The number of rotatable bonds is 7. The summed E-state index contributed by atoms with van der Waals surface area (Å²) in [4.78, 5) is 2.28. The van der Waals surface area contributed by atoms with Crippen LogP contribution in [0.2, 0.25) is 0 Å². The lowest BCUT2D eigenvalue weighted by Gasteiger charge is -2.30. The summed E-state index contributed by atoms with van der Waals surface area (Å²) in [5.74, 6) is 1.81. The molecule has 0 aromatic heterocycles. The highest BCUT2D eigenvalue weighted by Crippen LogP contribution is 2.29. The highest BCUT2D eigenvalue weighted by atomic mass is 16.5. The minimum absolute atomic E-state index is 0.207. The summed E-state index contributed by atoms with van der Waals surface area (Å²) in [5, 5.41) is 3.43. The van der Waals surface area contributed by atoms with Crippen molar-refractivity contribution in [3.05, 3.63) is 24.3 Å². The maximum atomic E-state index is 6.01. The molecule has 1 aromatic rings. The Morgan fingerprint density at radius 2 is 2.20 bits per heavy atom. The first kappa shape index (κ1) is 13.7. The van der Waals surface area contributed by atoms with Crippen LogP contribution in [0.5, 0.6) is 5.75 Å². The van der Waals surface area contributed by atoms with Gasteiger partial charge in [0.25, 0.3) is 0 Å². The fourth-order valence-corrected chi connectivity index (χ4v) is 2.46. The minimum Gasteiger partial charge on any atom is -0.485 e. The summed E-state index contributed by atoms with van der Waals surface area (Å²) in [7, 11) is 2.13. The molecule has 4 nitrogen and oxygen atoms in total. The molecule has 20 heavy (non-hydrogen) atoms. The van der Waals surface area contributed by atoms with Gasteiger partial charge in [0.2, 0.25) is 0 Å². The lowest BCUT2D eigenvalue weighted by atomic mass is 10.2. The van der Waals surface area contributed by atoms with E-state index in [4.69, 9.17) is 9.47 Å². The molecular formula is C16H24N2O2. The molecule has 1 aliphatic carbocycles. The van der Waals surface area contributed by atoms with Crippen LogP contribution in [0.4, 0.5) is 5.69 Å². The van der Waals surface area contributed by atoms with Crippen LogP contribution in [-0.2, 0) is 4.74 Å². The van der Waals surface area contributed by atoms with Crippen molar-refractivity contribution >= 4 is 5.69 Å². The van der Waals surface area contributed by atoms with E-state index in [1.54, 1.807) is 0 Å². The van der Waals surface area contributed by atoms with Crippen LogP contribution in [0.25, 0.3) is 0 Å². The van der Waals surface area contributed by atoms with Gasteiger partial charge in [0.1, 0.15) is 11.9 Å². The highest BCUT2D eigenvalue weighted by molar-refractivity contribution is 5.57. The fraction of sp³-hybridized carbons (Fsp3) is 0.625. The van der Waals surface area contributed by atoms with E-state index in [-0.39, 0.29) is 6.10 Å². The molecule has 1 heterocycles. The first-order chi connectivity index (χ1) is 9.81. The minimum atomic E-state index is 0.207. The summed E-state index contributed by atoms with van der Waals surface area (Å²) < 4.78 is 11.7. The van der Waals surface area contributed by atoms with Crippen LogP contribution in [0.3, 0.4) is 0 Å². The predicted octanol–water partition coefficient (Wildman–Crippen LogP) is 2.22. The van der Waals surface area contributed by atoms with Crippen LogP contribution in [0.15, 0.2) is 24.3 Å². The Kier molecular flexibility index (Phi) is 4.43. The molecule has 1 saturated carbocycles. The molecule has 1 atom stereocenters. The molecule has 3 rings (SSSR count). The van der Waals surface area contributed by atoms with Gasteiger partial charge in [0.15, 0.2) is 0 Å². The Morgan fingerprint density at radius 1 is 1.35 bits per heavy atom. The van der Waals surface area contributed by atoms with Crippen LogP contribution in [-0.4, -0.2) is 50.9 Å². The molecule has 1 N–H and O–H groups in total. The zero-order chi connectivity index (χ0) is 13.8. The van der Waals surface area contributed by atoms with Crippen molar-refractivity contribution in [2.75, 3.05) is 45.2 Å². The zero-order valence-corrected chi connectivity index (χ0v) is 12.2. The molecule has 0 bridgehead atoms. The number of nitrogens with zero attached hydrogens (tertiary/aromatic N) is 1. The number of nitrogens with one attached hydrogen (secondary N) is 1. The van der Waals surface area contributed by atoms with Gasteiger partial charge in [-0.25, -0.2) is 0 Å². The topological polar surface area (TPSA) is 33.7 Å². The third-order valence-corrected chi connectivity index (χ3v) is 3.88. The van der Waals surface area contributed by atoms with Crippen molar-refractivity contribution in [3.8, 4) is 5.75 Å². The van der Waals surface area contributed by atoms with E-state index in [0.29, 0.717) is 0 Å². The van der Waals surface area contributed by atoms with Crippen molar-refractivity contribution in [2.45, 2.75) is 18.9 Å². The average Bonchev–Trinajstić information content (AvgIpc) is 3.28. The van der Waals surface area contributed by atoms with Crippen LogP contribution < -0.4 is 10.1 Å². The van der Waals surface area contributed by atoms with Gasteiger partial charge in [0, 0.05) is 19.7 Å². The average molecular weight is 276 g/mol. The lowest BCUT2D eigenvalue weighted by Crippen LogP contribution is -2.41. The van der Waals surface area contributed by atoms with E-state index in [0.717, 1.165) is 50.2 Å². The molecule has 1 aliphatic heterocycles. The smallest absolute Gasteiger partial charge is 0.142 e. The molecule has 0 saturated heterocycles. The van der Waals surface area contributed by atoms with Gasteiger partial charge < -0.3 is 19.7 Å². The standard InChI is InChI=1S/C16H24N2O2/c1-18(8-9-19-12-13-6-7-13)11-14-10-17-15-4-2-3-5-16(15)20-14/h2-5,13-14,17H,6-12H2,1H3. The summed E-state index contributed by atoms with van der Waals surface area (Å²) in [6.07, 6.45) is 2.92. The summed E-state index contributed by atoms with van der Waals surface area (Å²) in [5.41, 5.74) is 1.10. The molecule has 4 heteroatoms. The van der Waals surface area contributed by atoms with E-state index >= 15 is 0 Å². The molecule has 1 unspecified atom stereocenters. The van der Waals surface area contributed by atoms with Gasteiger partial charge >= 0.3 is 0 Å². The Bertz CT molecular complexity index is 434. The van der Waals surface area contributed by atoms with Crippen LogP contribution in [0.1, 0.15) is 12.8 Å². The van der Waals surface area contributed by atoms with Gasteiger partial charge in [0.05, 0.1) is 18.8 Å². The van der Waals surface area contributed by atoms with Gasteiger partial charge in [-0.15, -0.1) is 0 Å². The van der Waals surface area contributed by atoms with Gasteiger partial charge in [-0.3, -0.25) is 0 Å². The molecule has 0 amide bonds. The molecular weight excluding hydrogens is 252 g/mol. The molecule has 2 aliphatic rings. The largest absolute Gasteiger partial charge is 0.485 e. The molecule has 0 radical (unpaired) electrons. The van der Waals surface area contributed by atoms with E-state index in [2.05, 4.69) is 23.3 Å². The number of fused-ring (bicyclic) bond motifs is 1. The maximum absolute atomic E-state index is 6.01. The molecule has 110 valence electrons. The van der Waals surface area contributed by atoms with Crippen molar-refractivity contribution in [1.29, 1.82) is 0 Å². The number of hydrogen-bond donors (Lipinski definition) is 1. The summed E-state index contributed by atoms with van der Waals surface area (Å²) >= 11 is 0. The Balaban J connectivity index is 1.37. The predicted molar refractivity (Wildman–Crippen MR) is 80.4 cm³/mol. The molecule has 1 aromatic carbocycles. The maximum Gasteiger partial charge on any atom is 0.142 e. The number of anilines is 1. The first-order valence-electron chi connectivity index (χ1n) is 7.57. The van der Waals surface area contributed by atoms with Crippen molar-refractivity contribution in [3.63, 3.8) is 0 Å². The quantitative estimate of drug-likeness (QED) is 0.774. The number of benzene rings is 1. The van der Waals surface area contributed by atoms with E-state index < -0.39 is 0 Å². The second-order valence-electron chi connectivity index (χ2n) is 5.90. The van der Waals surface area contributed by atoms with Crippen LogP contribution in [0, 0.1) is 5.92 Å². The van der Waals surface area contributed by atoms with Crippen molar-refractivity contribution in [2.24, 2.45) is 5.92 Å². The van der Waals surface area contributed by atoms with Gasteiger partial charge in [-0.05, 0) is 37.9 Å². The Hall–Kier alpha value is -1.26.